The van der Waals surface area contributed by atoms with E-state index in [1.165, 1.54) is 11.1 Å². The summed E-state index contributed by atoms with van der Waals surface area (Å²) in [6.45, 7) is 14.9. The van der Waals surface area contributed by atoms with Gasteiger partial charge in [-0.25, -0.2) is 0 Å². The van der Waals surface area contributed by atoms with Gasteiger partial charge in [-0.2, -0.15) is 0 Å². The normalized spacial score (nSPS) is 13.8. The molecule has 0 spiro atoms. The van der Waals surface area contributed by atoms with E-state index in [4.69, 9.17) is 0 Å². The van der Waals surface area contributed by atoms with Gasteiger partial charge in [0.25, 0.3) is 0 Å². The summed E-state index contributed by atoms with van der Waals surface area (Å²) in [6.07, 6.45) is 1.48. The molecular formula is C18H31NO. The van der Waals surface area contributed by atoms with E-state index < -0.39 is 6.10 Å². The zero-order valence-electron chi connectivity index (χ0n) is 14.0. The number of hydrogen-bond acceptors (Lipinski definition) is 2. The Balaban J connectivity index is 3.30. The molecule has 0 bridgehead atoms. The van der Waals surface area contributed by atoms with Gasteiger partial charge in [-0.3, -0.25) is 4.90 Å². The molecule has 0 fully saturated rings. The molecule has 2 nitrogen and oxygen atoms in total. The molecule has 1 aromatic rings. The Morgan fingerprint density at radius 2 is 1.60 bits per heavy atom. The maximum absolute atomic E-state index is 11.1. The van der Waals surface area contributed by atoms with Crippen molar-refractivity contribution in [3.8, 4) is 0 Å². The van der Waals surface area contributed by atoms with Crippen molar-refractivity contribution in [1.29, 1.82) is 0 Å². The van der Waals surface area contributed by atoms with E-state index in [0.29, 0.717) is 0 Å². The first-order valence-corrected chi connectivity index (χ1v) is 7.97. The minimum absolute atomic E-state index is 0.165. The summed E-state index contributed by atoms with van der Waals surface area (Å²) in [7, 11) is 0. The summed E-state index contributed by atoms with van der Waals surface area (Å²) in [5.41, 5.74) is 3.39. The van der Waals surface area contributed by atoms with Crippen molar-refractivity contribution in [2.45, 2.75) is 66.0 Å². The van der Waals surface area contributed by atoms with Crippen LogP contribution in [0.5, 0.6) is 0 Å². The Morgan fingerprint density at radius 3 is 2.05 bits per heavy atom. The largest absolute Gasteiger partial charge is 0.386 e. The Kier molecular flexibility index (Phi) is 6.22. The van der Waals surface area contributed by atoms with E-state index >= 15 is 0 Å². The monoisotopic (exact) mass is 277 g/mol. The van der Waals surface area contributed by atoms with Crippen molar-refractivity contribution in [3.63, 3.8) is 0 Å². The molecule has 0 aliphatic rings. The third kappa shape index (κ3) is 2.91. The van der Waals surface area contributed by atoms with Crippen LogP contribution in [0.3, 0.4) is 0 Å². The average molecular weight is 277 g/mol. The Bertz CT molecular complexity index is 419. The van der Waals surface area contributed by atoms with Crippen molar-refractivity contribution in [2.24, 2.45) is 0 Å². The standard InChI is InChI=1S/C18H31NO/c1-7-18(8-2,19(9-3)10-4)17(20)16-13-11-12-14(5)15(16)6/h11-13,17,20H,7-10H2,1-6H3. The van der Waals surface area contributed by atoms with Gasteiger partial charge >= 0.3 is 0 Å². The van der Waals surface area contributed by atoms with Crippen LogP contribution in [0.2, 0.25) is 0 Å². The first-order valence-electron chi connectivity index (χ1n) is 7.97. The zero-order chi connectivity index (χ0) is 15.3. The minimum Gasteiger partial charge on any atom is -0.386 e. The van der Waals surface area contributed by atoms with Crippen LogP contribution in [0.25, 0.3) is 0 Å². The summed E-state index contributed by atoms with van der Waals surface area (Å²) in [6, 6.07) is 6.25. The molecule has 1 N–H and O–H groups in total. The third-order valence-corrected chi connectivity index (χ3v) is 5.07. The van der Waals surface area contributed by atoms with Gasteiger partial charge in [0.15, 0.2) is 0 Å². The van der Waals surface area contributed by atoms with Gasteiger partial charge in [0, 0.05) is 0 Å². The molecule has 0 aliphatic carbocycles. The van der Waals surface area contributed by atoms with E-state index in [1.54, 1.807) is 0 Å². The van der Waals surface area contributed by atoms with Crippen molar-refractivity contribution < 1.29 is 5.11 Å². The Morgan fingerprint density at radius 1 is 1.05 bits per heavy atom. The highest BCUT2D eigenvalue weighted by Gasteiger charge is 2.40. The van der Waals surface area contributed by atoms with Crippen LogP contribution in [0.4, 0.5) is 0 Å². The summed E-state index contributed by atoms with van der Waals surface area (Å²) < 4.78 is 0. The van der Waals surface area contributed by atoms with Crippen LogP contribution in [-0.4, -0.2) is 28.6 Å². The van der Waals surface area contributed by atoms with Gasteiger partial charge in [-0.1, -0.05) is 45.9 Å². The summed E-state index contributed by atoms with van der Waals surface area (Å²) >= 11 is 0. The topological polar surface area (TPSA) is 23.5 Å². The molecular weight excluding hydrogens is 246 g/mol. The number of aryl methyl sites for hydroxylation is 1. The van der Waals surface area contributed by atoms with E-state index in [1.807, 2.05) is 0 Å². The second kappa shape index (κ2) is 7.24. The second-order valence-corrected chi connectivity index (χ2v) is 5.67. The second-order valence-electron chi connectivity index (χ2n) is 5.67. The maximum Gasteiger partial charge on any atom is 0.0976 e. The number of benzene rings is 1. The van der Waals surface area contributed by atoms with E-state index in [-0.39, 0.29) is 5.54 Å². The number of aliphatic hydroxyl groups excluding tert-OH is 1. The molecule has 114 valence electrons. The molecule has 1 aromatic carbocycles. The van der Waals surface area contributed by atoms with Gasteiger partial charge < -0.3 is 5.11 Å². The van der Waals surface area contributed by atoms with Crippen LogP contribution < -0.4 is 0 Å². The number of hydrogen-bond donors (Lipinski definition) is 1. The van der Waals surface area contributed by atoms with Crippen LogP contribution in [-0.2, 0) is 0 Å². The van der Waals surface area contributed by atoms with Crippen molar-refractivity contribution in [3.05, 3.63) is 34.9 Å². The smallest absolute Gasteiger partial charge is 0.0976 e. The van der Waals surface area contributed by atoms with Gasteiger partial charge in [0.2, 0.25) is 0 Å². The maximum atomic E-state index is 11.1. The van der Waals surface area contributed by atoms with E-state index in [0.717, 1.165) is 31.5 Å². The molecule has 1 unspecified atom stereocenters. The highest BCUT2D eigenvalue weighted by atomic mass is 16.3. The molecule has 1 atom stereocenters. The summed E-state index contributed by atoms with van der Waals surface area (Å²) in [5, 5.41) is 11.1. The summed E-state index contributed by atoms with van der Waals surface area (Å²) in [4.78, 5) is 2.42. The van der Waals surface area contributed by atoms with Gasteiger partial charge in [0.1, 0.15) is 0 Å². The van der Waals surface area contributed by atoms with Crippen LogP contribution in [0.15, 0.2) is 18.2 Å². The SMILES string of the molecule is CCN(CC)C(CC)(CC)C(O)c1cccc(C)c1C. The Hall–Kier alpha value is -0.860. The fraction of sp³-hybridized carbons (Fsp3) is 0.667. The van der Waals surface area contributed by atoms with Gasteiger partial charge in [-0.15, -0.1) is 0 Å². The molecule has 0 aliphatic heterocycles. The predicted octanol–water partition coefficient (Wildman–Crippen LogP) is 4.24. The Labute approximate surface area is 124 Å². The summed E-state index contributed by atoms with van der Waals surface area (Å²) in [5.74, 6) is 0. The van der Waals surface area contributed by atoms with E-state index in [2.05, 4.69) is 64.6 Å². The highest BCUT2D eigenvalue weighted by molar-refractivity contribution is 5.36. The lowest BCUT2D eigenvalue weighted by molar-refractivity contribution is -0.0369. The molecule has 0 amide bonds. The third-order valence-electron chi connectivity index (χ3n) is 5.07. The number of aliphatic hydroxyl groups is 1. The number of likely N-dealkylation sites (N-methyl/N-ethyl adjacent to an activating group) is 1. The zero-order valence-corrected chi connectivity index (χ0v) is 14.0. The predicted molar refractivity (Wildman–Crippen MR) is 87.1 cm³/mol. The molecule has 1 rings (SSSR count). The lowest BCUT2D eigenvalue weighted by atomic mass is 9.79. The van der Waals surface area contributed by atoms with Crippen LogP contribution >= 0.6 is 0 Å². The molecule has 20 heavy (non-hydrogen) atoms. The molecule has 0 radical (unpaired) electrons. The average Bonchev–Trinajstić information content (AvgIpc) is 2.47. The fourth-order valence-corrected chi connectivity index (χ4v) is 3.47. The van der Waals surface area contributed by atoms with Gasteiger partial charge in [0.05, 0.1) is 11.6 Å². The van der Waals surface area contributed by atoms with Crippen molar-refractivity contribution in [1.82, 2.24) is 4.90 Å². The first-order chi connectivity index (χ1) is 9.48. The minimum atomic E-state index is -0.433. The fourth-order valence-electron chi connectivity index (χ4n) is 3.47. The lowest BCUT2D eigenvalue weighted by Crippen LogP contribution is -2.52. The molecule has 0 aromatic heterocycles. The van der Waals surface area contributed by atoms with Crippen molar-refractivity contribution >= 4 is 0 Å². The number of nitrogens with zero attached hydrogens (tertiary/aromatic N) is 1. The lowest BCUT2D eigenvalue weighted by Gasteiger charge is -2.46. The first kappa shape index (κ1) is 17.2. The highest BCUT2D eigenvalue weighted by Crippen LogP contribution is 2.38. The van der Waals surface area contributed by atoms with Crippen molar-refractivity contribution in [2.75, 3.05) is 13.1 Å². The van der Waals surface area contributed by atoms with Crippen LogP contribution in [0.1, 0.15) is 63.3 Å². The van der Waals surface area contributed by atoms with E-state index in [9.17, 15) is 5.11 Å². The quantitative estimate of drug-likeness (QED) is 0.806. The van der Waals surface area contributed by atoms with Crippen LogP contribution in [0, 0.1) is 13.8 Å². The van der Waals surface area contributed by atoms with Gasteiger partial charge in [-0.05, 0) is 56.5 Å². The molecule has 0 saturated heterocycles. The molecule has 2 heteroatoms. The molecule has 0 saturated carbocycles. The molecule has 0 heterocycles. The number of rotatable bonds is 7.